The Hall–Kier alpha value is -0.560. The second kappa shape index (κ2) is 4.52. The molecule has 2 rings (SSSR count). The van der Waals surface area contributed by atoms with Crippen LogP contribution in [0.1, 0.15) is 24.1 Å². The number of nitriles is 1. The second-order valence-corrected chi connectivity index (χ2v) is 5.85. The Morgan fingerprint density at radius 3 is 2.80 bits per heavy atom. The van der Waals surface area contributed by atoms with E-state index < -0.39 is 0 Å². The van der Waals surface area contributed by atoms with Crippen molar-refractivity contribution in [3.63, 3.8) is 0 Å². The highest BCUT2D eigenvalue weighted by atomic mass is 35.5. The lowest BCUT2D eigenvalue weighted by molar-refractivity contribution is 0.207. The molecule has 0 aromatic carbocycles. The van der Waals surface area contributed by atoms with Gasteiger partial charge < -0.3 is 5.32 Å². The predicted molar refractivity (Wildman–Crippen MR) is 62.9 cm³/mol. The van der Waals surface area contributed by atoms with E-state index >= 15 is 0 Å². The lowest BCUT2D eigenvalue weighted by Gasteiger charge is -2.35. The van der Waals surface area contributed by atoms with Crippen LogP contribution in [0.25, 0.3) is 0 Å². The molecule has 1 aliphatic carbocycles. The van der Waals surface area contributed by atoms with Gasteiger partial charge in [0.25, 0.3) is 0 Å². The molecule has 2 nitrogen and oxygen atoms in total. The fourth-order valence-electron chi connectivity index (χ4n) is 1.80. The minimum Gasteiger partial charge on any atom is -0.310 e. The molecule has 80 valence electrons. The van der Waals surface area contributed by atoms with E-state index in [1.165, 1.54) is 11.3 Å². The van der Waals surface area contributed by atoms with Gasteiger partial charge in [0.05, 0.1) is 15.8 Å². The topological polar surface area (TPSA) is 35.8 Å². The van der Waals surface area contributed by atoms with Crippen molar-refractivity contribution < 1.29 is 0 Å². The largest absolute Gasteiger partial charge is 0.310 e. The maximum absolute atomic E-state index is 9.03. The number of nitrogens with one attached hydrogen (secondary N) is 1. The Bertz CT molecular complexity index is 376. The SMILES string of the molecule is N#CC1(CNCc2ccc(Cl)s2)CCC1. The Morgan fingerprint density at radius 2 is 2.33 bits per heavy atom. The van der Waals surface area contributed by atoms with Gasteiger partial charge in [-0.1, -0.05) is 18.0 Å². The molecule has 0 radical (unpaired) electrons. The van der Waals surface area contributed by atoms with Gasteiger partial charge in [0.2, 0.25) is 0 Å². The zero-order chi connectivity index (χ0) is 10.7. The predicted octanol–water partition coefficient (Wildman–Crippen LogP) is 3.18. The molecule has 0 atom stereocenters. The van der Waals surface area contributed by atoms with Crippen molar-refractivity contribution in [2.75, 3.05) is 6.54 Å². The van der Waals surface area contributed by atoms with Crippen LogP contribution in [0.4, 0.5) is 0 Å². The third-order valence-electron chi connectivity index (χ3n) is 2.94. The second-order valence-electron chi connectivity index (χ2n) is 4.06. The number of rotatable bonds is 4. The van der Waals surface area contributed by atoms with Gasteiger partial charge in [0.15, 0.2) is 0 Å². The smallest absolute Gasteiger partial charge is 0.0931 e. The van der Waals surface area contributed by atoms with Gasteiger partial charge in [-0.15, -0.1) is 11.3 Å². The van der Waals surface area contributed by atoms with E-state index in [-0.39, 0.29) is 5.41 Å². The molecule has 1 saturated carbocycles. The quantitative estimate of drug-likeness (QED) is 0.878. The van der Waals surface area contributed by atoms with Crippen LogP contribution in [0.5, 0.6) is 0 Å². The number of nitrogens with zero attached hydrogens (tertiary/aromatic N) is 1. The molecule has 15 heavy (non-hydrogen) atoms. The molecule has 0 saturated heterocycles. The average molecular weight is 241 g/mol. The van der Waals surface area contributed by atoms with Crippen molar-refractivity contribution in [2.45, 2.75) is 25.8 Å². The monoisotopic (exact) mass is 240 g/mol. The molecule has 0 spiro atoms. The molecule has 1 aliphatic rings. The molecule has 0 unspecified atom stereocenters. The summed E-state index contributed by atoms with van der Waals surface area (Å²) in [6, 6.07) is 6.36. The summed E-state index contributed by atoms with van der Waals surface area (Å²) in [5.41, 5.74) is -0.0823. The number of hydrogen-bond acceptors (Lipinski definition) is 3. The van der Waals surface area contributed by atoms with Crippen LogP contribution < -0.4 is 5.32 Å². The summed E-state index contributed by atoms with van der Waals surface area (Å²) in [6.45, 7) is 1.62. The molecule has 0 amide bonds. The first-order chi connectivity index (χ1) is 7.24. The minimum atomic E-state index is -0.0823. The van der Waals surface area contributed by atoms with Crippen LogP contribution >= 0.6 is 22.9 Å². The van der Waals surface area contributed by atoms with Crippen LogP contribution in [0.3, 0.4) is 0 Å². The molecule has 0 bridgehead atoms. The van der Waals surface area contributed by atoms with E-state index in [2.05, 4.69) is 11.4 Å². The summed E-state index contributed by atoms with van der Waals surface area (Å²) in [5, 5.41) is 12.4. The summed E-state index contributed by atoms with van der Waals surface area (Å²) >= 11 is 7.42. The highest BCUT2D eigenvalue weighted by Gasteiger charge is 2.36. The van der Waals surface area contributed by atoms with E-state index in [9.17, 15) is 0 Å². The van der Waals surface area contributed by atoms with Crippen molar-refractivity contribution in [3.8, 4) is 6.07 Å². The summed E-state index contributed by atoms with van der Waals surface area (Å²) < 4.78 is 0.824. The van der Waals surface area contributed by atoms with Gasteiger partial charge in [-0.25, -0.2) is 0 Å². The highest BCUT2D eigenvalue weighted by Crippen LogP contribution is 2.39. The maximum atomic E-state index is 9.03. The fraction of sp³-hybridized carbons (Fsp3) is 0.545. The van der Waals surface area contributed by atoms with Gasteiger partial charge in [-0.3, -0.25) is 0 Å². The van der Waals surface area contributed by atoms with Crippen molar-refractivity contribution in [2.24, 2.45) is 5.41 Å². The summed E-state index contributed by atoms with van der Waals surface area (Å²) in [7, 11) is 0. The van der Waals surface area contributed by atoms with Crippen LogP contribution in [0.15, 0.2) is 12.1 Å². The van der Waals surface area contributed by atoms with E-state index in [0.29, 0.717) is 0 Å². The van der Waals surface area contributed by atoms with E-state index in [1.54, 1.807) is 11.3 Å². The Kier molecular flexibility index (Phi) is 3.30. The average Bonchev–Trinajstić information content (AvgIpc) is 2.56. The molecule has 1 aromatic rings. The Balaban J connectivity index is 1.78. The van der Waals surface area contributed by atoms with Crippen molar-refractivity contribution in [1.82, 2.24) is 5.32 Å². The van der Waals surface area contributed by atoms with Crippen LogP contribution in [0.2, 0.25) is 4.34 Å². The van der Waals surface area contributed by atoms with Crippen molar-refractivity contribution in [3.05, 3.63) is 21.3 Å². The number of thiophene rings is 1. The molecule has 4 heteroatoms. The third-order valence-corrected chi connectivity index (χ3v) is 4.17. The minimum absolute atomic E-state index is 0.0823. The Morgan fingerprint density at radius 1 is 1.53 bits per heavy atom. The molecule has 1 aromatic heterocycles. The molecule has 1 fully saturated rings. The lowest BCUT2D eigenvalue weighted by atomic mass is 9.70. The van der Waals surface area contributed by atoms with Gasteiger partial charge in [-0.2, -0.15) is 5.26 Å². The number of hydrogen-bond donors (Lipinski definition) is 1. The van der Waals surface area contributed by atoms with E-state index in [0.717, 1.165) is 30.3 Å². The summed E-state index contributed by atoms with van der Waals surface area (Å²) in [4.78, 5) is 1.23. The normalized spacial score (nSPS) is 18.1. The molecular formula is C11H13ClN2S. The van der Waals surface area contributed by atoms with Gasteiger partial charge in [-0.05, 0) is 25.0 Å². The lowest BCUT2D eigenvalue weighted by Crippen LogP contribution is -2.38. The molecule has 0 aliphatic heterocycles. The van der Waals surface area contributed by atoms with Crippen LogP contribution in [-0.2, 0) is 6.54 Å². The first-order valence-electron chi connectivity index (χ1n) is 5.10. The van der Waals surface area contributed by atoms with Gasteiger partial charge >= 0.3 is 0 Å². The van der Waals surface area contributed by atoms with Gasteiger partial charge in [0.1, 0.15) is 0 Å². The van der Waals surface area contributed by atoms with Crippen LogP contribution in [0, 0.1) is 16.7 Å². The van der Waals surface area contributed by atoms with Gasteiger partial charge in [0, 0.05) is 18.0 Å². The Labute approximate surface area is 98.9 Å². The first-order valence-corrected chi connectivity index (χ1v) is 6.30. The third kappa shape index (κ3) is 2.52. The van der Waals surface area contributed by atoms with E-state index in [1.807, 2.05) is 12.1 Å². The van der Waals surface area contributed by atoms with Crippen molar-refractivity contribution >= 4 is 22.9 Å². The number of halogens is 1. The highest BCUT2D eigenvalue weighted by molar-refractivity contribution is 7.16. The zero-order valence-electron chi connectivity index (χ0n) is 8.42. The van der Waals surface area contributed by atoms with Crippen LogP contribution in [-0.4, -0.2) is 6.54 Å². The first kappa shape index (κ1) is 10.9. The standard InChI is InChI=1S/C11H13ClN2S/c12-10-3-2-9(15-10)6-14-8-11(7-13)4-1-5-11/h2-3,14H,1,4-6,8H2. The zero-order valence-corrected chi connectivity index (χ0v) is 10.00. The fourth-order valence-corrected chi connectivity index (χ4v) is 2.86. The summed E-state index contributed by atoms with van der Waals surface area (Å²) in [5.74, 6) is 0. The summed E-state index contributed by atoms with van der Waals surface area (Å²) in [6.07, 6.45) is 3.28. The van der Waals surface area contributed by atoms with E-state index in [4.69, 9.17) is 16.9 Å². The van der Waals surface area contributed by atoms with Crippen molar-refractivity contribution in [1.29, 1.82) is 5.26 Å². The maximum Gasteiger partial charge on any atom is 0.0931 e. The molecule has 1 heterocycles. The molecular weight excluding hydrogens is 228 g/mol. The molecule has 1 N–H and O–H groups in total.